The van der Waals surface area contributed by atoms with Crippen molar-refractivity contribution < 1.29 is 9.59 Å². The lowest BCUT2D eigenvalue weighted by Gasteiger charge is -2.27. The zero-order chi connectivity index (χ0) is 9.52. The maximum absolute atomic E-state index is 11.4. The van der Waals surface area contributed by atoms with E-state index in [1.54, 1.807) is 0 Å². The summed E-state index contributed by atoms with van der Waals surface area (Å²) in [5.41, 5.74) is 0.134. The van der Waals surface area contributed by atoms with Gasteiger partial charge in [0.2, 0.25) is 5.91 Å². The van der Waals surface area contributed by atoms with Gasteiger partial charge in [0.15, 0.2) is 0 Å². The van der Waals surface area contributed by atoms with Crippen molar-refractivity contribution in [3.63, 3.8) is 0 Å². The van der Waals surface area contributed by atoms with Crippen LogP contribution in [0.2, 0.25) is 0 Å². The molecule has 0 aromatic heterocycles. The highest BCUT2D eigenvalue weighted by Gasteiger charge is 2.42. The average molecular weight is 167 g/mol. The quantitative estimate of drug-likeness (QED) is 0.507. The number of nitrogens with zero attached hydrogens (tertiary/aromatic N) is 1. The van der Waals surface area contributed by atoms with Gasteiger partial charge in [0, 0.05) is 24.5 Å². The second kappa shape index (κ2) is 2.44. The number of likely N-dealkylation sites (tertiary alicyclic amines) is 1. The standard InChI is InChI=1S/C9H13NO2/c1-6-5-9(3,4)10(7(2)11)8(6)12/h1,5H2,2-4H3. The summed E-state index contributed by atoms with van der Waals surface area (Å²) in [6, 6.07) is 0. The van der Waals surface area contributed by atoms with Gasteiger partial charge in [-0.2, -0.15) is 0 Å². The van der Waals surface area contributed by atoms with Crippen molar-refractivity contribution in [3.05, 3.63) is 12.2 Å². The molecule has 66 valence electrons. The lowest BCUT2D eigenvalue weighted by atomic mass is 10.0. The summed E-state index contributed by atoms with van der Waals surface area (Å²) in [5.74, 6) is -0.434. The minimum absolute atomic E-state index is 0.205. The van der Waals surface area contributed by atoms with Gasteiger partial charge in [-0.25, -0.2) is 0 Å². The van der Waals surface area contributed by atoms with Gasteiger partial charge in [0.25, 0.3) is 5.91 Å². The van der Waals surface area contributed by atoms with Crippen LogP contribution in [0.4, 0.5) is 0 Å². The predicted octanol–water partition coefficient (Wildman–Crippen LogP) is 1.10. The summed E-state index contributed by atoms with van der Waals surface area (Å²) >= 11 is 0. The molecule has 0 unspecified atom stereocenters. The molecule has 1 heterocycles. The van der Waals surface area contributed by atoms with Gasteiger partial charge in [0.1, 0.15) is 0 Å². The smallest absolute Gasteiger partial charge is 0.256 e. The molecular formula is C9H13NO2. The fourth-order valence-electron chi connectivity index (χ4n) is 1.68. The average Bonchev–Trinajstić information content (AvgIpc) is 2.01. The maximum Gasteiger partial charge on any atom is 0.256 e. The number of amides is 2. The van der Waals surface area contributed by atoms with E-state index in [2.05, 4.69) is 6.58 Å². The summed E-state index contributed by atoms with van der Waals surface area (Å²) < 4.78 is 0. The summed E-state index contributed by atoms with van der Waals surface area (Å²) in [4.78, 5) is 23.7. The number of imide groups is 1. The highest BCUT2D eigenvalue weighted by atomic mass is 16.2. The van der Waals surface area contributed by atoms with Crippen molar-refractivity contribution >= 4 is 11.8 Å². The highest BCUT2D eigenvalue weighted by molar-refractivity contribution is 6.06. The Labute approximate surface area is 72.0 Å². The summed E-state index contributed by atoms with van der Waals surface area (Å²) in [7, 11) is 0. The molecule has 2 amide bonds. The summed E-state index contributed by atoms with van der Waals surface area (Å²) in [5, 5.41) is 0. The lowest BCUT2D eigenvalue weighted by Crippen LogP contribution is -2.43. The molecule has 0 saturated carbocycles. The van der Waals surface area contributed by atoms with E-state index < -0.39 is 0 Å². The molecule has 12 heavy (non-hydrogen) atoms. The van der Waals surface area contributed by atoms with Gasteiger partial charge in [-0.05, 0) is 13.8 Å². The molecule has 1 aliphatic heterocycles. The minimum Gasteiger partial charge on any atom is -0.275 e. The van der Waals surface area contributed by atoms with Crippen molar-refractivity contribution in [2.75, 3.05) is 0 Å². The zero-order valence-electron chi connectivity index (χ0n) is 7.68. The van der Waals surface area contributed by atoms with Gasteiger partial charge >= 0.3 is 0 Å². The number of hydrogen-bond acceptors (Lipinski definition) is 2. The molecular weight excluding hydrogens is 154 g/mol. The van der Waals surface area contributed by atoms with Crippen LogP contribution in [0, 0.1) is 0 Å². The molecule has 0 bridgehead atoms. The van der Waals surface area contributed by atoms with Crippen molar-refractivity contribution in [1.82, 2.24) is 4.90 Å². The van der Waals surface area contributed by atoms with E-state index in [1.165, 1.54) is 11.8 Å². The Bertz CT molecular complexity index is 266. The lowest BCUT2D eigenvalue weighted by molar-refractivity contribution is -0.143. The molecule has 1 saturated heterocycles. The molecule has 1 fully saturated rings. The molecule has 0 radical (unpaired) electrons. The minimum atomic E-state index is -0.389. The molecule has 3 nitrogen and oxygen atoms in total. The monoisotopic (exact) mass is 167 g/mol. The second-order valence-corrected chi connectivity index (χ2v) is 3.75. The van der Waals surface area contributed by atoms with Crippen molar-refractivity contribution in [2.45, 2.75) is 32.7 Å². The van der Waals surface area contributed by atoms with Crippen LogP contribution in [0.25, 0.3) is 0 Å². The Morgan fingerprint density at radius 2 is 2.08 bits per heavy atom. The van der Waals surface area contributed by atoms with Crippen LogP contribution in [0.15, 0.2) is 12.2 Å². The normalized spacial score (nSPS) is 21.8. The first kappa shape index (κ1) is 8.97. The van der Waals surface area contributed by atoms with Gasteiger partial charge < -0.3 is 0 Å². The molecule has 0 spiro atoms. The highest BCUT2D eigenvalue weighted by Crippen LogP contribution is 2.32. The number of rotatable bonds is 0. The van der Waals surface area contributed by atoms with Gasteiger partial charge in [0.05, 0.1) is 0 Å². The molecule has 1 aliphatic rings. The fraction of sp³-hybridized carbons (Fsp3) is 0.556. The van der Waals surface area contributed by atoms with E-state index in [4.69, 9.17) is 0 Å². The van der Waals surface area contributed by atoms with Gasteiger partial charge in [-0.1, -0.05) is 6.58 Å². The molecule has 0 aromatic carbocycles. The van der Waals surface area contributed by atoms with E-state index in [1.807, 2.05) is 13.8 Å². The number of carbonyl (C=O) groups excluding carboxylic acids is 2. The fourth-order valence-corrected chi connectivity index (χ4v) is 1.68. The van der Waals surface area contributed by atoms with E-state index >= 15 is 0 Å². The third-order valence-corrected chi connectivity index (χ3v) is 2.07. The second-order valence-electron chi connectivity index (χ2n) is 3.75. The third-order valence-electron chi connectivity index (χ3n) is 2.07. The zero-order valence-corrected chi connectivity index (χ0v) is 7.68. The molecule has 0 aromatic rings. The predicted molar refractivity (Wildman–Crippen MR) is 45.4 cm³/mol. The van der Waals surface area contributed by atoms with E-state index in [-0.39, 0.29) is 17.4 Å². The van der Waals surface area contributed by atoms with Crippen LogP contribution in [0.1, 0.15) is 27.2 Å². The Kier molecular flexibility index (Phi) is 1.82. The maximum atomic E-state index is 11.4. The Morgan fingerprint density at radius 1 is 1.58 bits per heavy atom. The molecule has 0 atom stereocenters. The van der Waals surface area contributed by atoms with Crippen LogP contribution in [-0.4, -0.2) is 22.3 Å². The van der Waals surface area contributed by atoms with Crippen LogP contribution in [-0.2, 0) is 9.59 Å². The van der Waals surface area contributed by atoms with E-state index in [0.717, 1.165) is 0 Å². The summed E-state index contributed by atoms with van der Waals surface area (Å²) in [6.07, 6.45) is 0.575. The van der Waals surface area contributed by atoms with Crippen LogP contribution >= 0.6 is 0 Å². The van der Waals surface area contributed by atoms with Gasteiger partial charge in [-0.3, -0.25) is 14.5 Å². The molecule has 0 N–H and O–H groups in total. The number of hydrogen-bond donors (Lipinski definition) is 0. The molecule has 1 rings (SSSR count). The largest absolute Gasteiger partial charge is 0.275 e. The van der Waals surface area contributed by atoms with E-state index in [0.29, 0.717) is 12.0 Å². The molecule has 3 heteroatoms. The first-order chi connectivity index (χ1) is 5.36. The molecule has 0 aliphatic carbocycles. The Morgan fingerprint density at radius 3 is 2.25 bits per heavy atom. The summed E-state index contributed by atoms with van der Waals surface area (Å²) in [6.45, 7) is 8.75. The topological polar surface area (TPSA) is 37.4 Å². The van der Waals surface area contributed by atoms with Gasteiger partial charge in [-0.15, -0.1) is 0 Å². The Balaban J connectivity index is 3.05. The van der Waals surface area contributed by atoms with Crippen molar-refractivity contribution in [1.29, 1.82) is 0 Å². The van der Waals surface area contributed by atoms with Crippen molar-refractivity contribution in [2.24, 2.45) is 0 Å². The van der Waals surface area contributed by atoms with Crippen molar-refractivity contribution in [3.8, 4) is 0 Å². The Hall–Kier alpha value is -1.12. The first-order valence-corrected chi connectivity index (χ1v) is 3.89. The SMILES string of the molecule is C=C1CC(C)(C)N(C(C)=O)C1=O. The van der Waals surface area contributed by atoms with Crippen LogP contribution in [0.5, 0.6) is 0 Å². The van der Waals surface area contributed by atoms with Crippen LogP contribution < -0.4 is 0 Å². The van der Waals surface area contributed by atoms with Crippen LogP contribution in [0.3, 0.4) is 0 Å². The first-order valence-electron chi connectivity index (χ1n) is 3.89. The van der Waals surface area contributed by atoms with E-state index in [9.17, 15) is 9.59 Å². The third kappa shape index (κ3) is 1.15. The number of carbonyl (C=O) groups is 2.